The largest absolute Gasteiger partial charge is 0.395 e. The lowest BCUT2D eigenvalue weighted by atomic mass is 10.2. The molecular weight excluding hydrogens is 154 g/mol. The van der Waals surface area contributed by atoms with Gasteiger partial charge in [0.25, 0.3) is 0 Å². The van der Waals surface area contributed by atoms with Gasteiger partial charge in [0.2, 0.25) is 0 Å². The number of aromatic amines is 1. The van der Waals surface area contributed by atoms with Crippen molar-refractivity contribution in [2.24, 2.45) is 0 Å². The van der Waals surface area contributed by atoms with E-state index in [0.717, 1.165) is 11.3 Å². The molecule has 0 aliphatic carbocycles. The Morgan fingerprint density at radius 1 is 1.67 bits per heavy atom. The molecule has 0 aliphatic heterocycles. The first kappa shape index (κ1) is 8.62. The number of nitrogens with one attached hydrogen (secondary N) is 1. The van der Waals surface area contributed by atoms with Crippen molar-refractivity contribution in [3.8, 4) is 11.8 Å². The lowest BCUT2D eigenvalue weighted by Gasteiger charge is -1.86. The summed E-state index contributed by atoms with van der Waals surface area (Å²) < 4.78 is 0. The van der Waals surface area contributed by atoms with Crippen molar-refractivity contribution in [3.63, 3.8) is 0 Å². The highest BCUT2D eigenvalue weighted by molar-refractivity contribution is 5.52. The van der Waals surface area contributed by atoms with Crippen LogP contribution in [0.15, 0.2) is 0 Å². The molecule has 0 fully saturated rings. The van der Waals surface area contributed by atoms with Gasteiger partial charge in [0.15, 0.2) is 5.82 Å². The van der Waals surface area contributed by atoms with Crippen LogP contribution in [0.25, 0.3) is 0 Å². The zero-order valence-corrected chi connectivity index (χ0v) is 6.89. The van der Waals surface area contributed by atoms with Gasteiger partial charge in [-0.2, -0.15) is 5.10 Å². The number of nitrogen functional groups attached to an aromatic ring is 1. The van der Waals surface area contributed by atoms with Crippen LogP contribution in [-0.4, -0.2) is 21.9 Å². The molecule has 1 aromatic heterocycles. The molecule has 64 valence electrons. The molecule has 0 amide bonds. The molecule has 4 heteroatoms. The fourth-order valence-corrected chi connectivity index (χ4v) is 0.813. The number of nitrogens with zero attached hydrogens (tertiary/aromatic N) is 1. The fourth-order valence-electron chi connectivity index (χ4n) is 0.813. The van der Waals surface area contributed by atoms with Crippen LogP contribution >= 0.6 is 0 Å². The van der Waals surface area contributed by atoms with Crippen molar-refractivity contribution in [2.75, 3.05) is 12.3 Å². The van der Waals surface area contributed by atoms with Gasteiger partial charge in [-0.05, 0) is 6.92 Å². The Bertz CT molecular complexity index is 299. The molecular formula is C8H11N3O. The molecule has 0 saturated carbocycles. The van der Waals surface area contributed by atoms with Crippen molar-refractivity contribution in [1.29, 1.82) is 0 Å². The van der Waals surface area contributed by atoms with Gasteiger partial charge in [-0.1, -0.05) is 11.8 Å². The van der Waals surface area contributed by atoms with Crippen LogP contribution in [0.5, 0.6) is 0 Å². The Labute approximate surface area is 70.8 Å². The maximum atomic E-state index is 8.48. The smallest absolute Gasteiger partial charge is 0.161 e. The monoisotopic (exact) mass is 165 g/mol. The molecule has 4 N–H and O–H groups in total. The maximum Gasteiger partial charge on any atom is 0.161 e. The van der Waals surface area contributed by atoms with E-state index in [-0.39, 0.29) is 6.61 Å². The van der Waals surface area contributed by atoms with Crippen LogP contribution in [0.2, 0.25) is 0 Å². The summed E-state index contributed by atoms with van der Waals surface area (Å²) in [6.07, 6.45) is 0.462. The van der Waals surface area contributed by atoms with Crippen LogP contribution in [0, 0.1) is 18.8 Å². The molecule has 4 nitrogen and oxygen atoms in total. The second-order valence-corrected chi connectivity index (χ2v) is 2.38. The van der Waals surface area contributed by atoms with E-state index in [0.29, 0.717) is 12.2 Å². The predicted octanol–water partition coefficient (Wildman–Crippen LogP) is 0.0342. The summed E-state index contributed by atoms with van der Waals surface area (Å²) in [7, 11) is 0. The lowest BCUT2D eigenvalue weighted by Crippen LogP contribution is -1.88. The van der Waals surface area contributed by atoms with Crippen molar-refractivity contribution >= 4 is 5.82 Å². The van der Waals surface area contributed by atoms with Crippen molar-refractivity contribution in [2.45, 2.75) is 13.3 Å². The van der Waals surface area contributed by atoms with E-state index < -0.39 is 0 Å². The number of aliphatic hydroxyl groups is 1. The van der Waals surface area contributed by atoms with Gasteiger partial charge in [0.05, 0.1) is 12.2 Å². The van der Waals surface area contributed by atoms with Crippen molar-refractivity contribution < 1.29 is 5.11 Å². The van der Waals surface area contributed by atoms with Crippen LogP contribution in [0.4, 0.5) is 5.82 Å². The van der Waals surface area contributed by atoms with Crippen LogP contribution < -0.4 is 5.73 Å². The Morgan fingerprint density at radius 3 is 2.92 bits per heavy atom. The zero-order valence-electron chi connectivity index (χ0n) is 6.89. The number of aryl methyl sites for hydroxylation is 1. The first-order valence-electron chi connectivity index (χ1n) is 3.66. The molecule has 0 bridgehead atoms. The third-order valence-corrected chi connectivity index (χ3v) is 1.43. The topological polar surface area (TPSA) is 74.9 Å². The van der Waals surface area contributed by atoms with Gasteiger partial charge < -0.3 is 10.8 Å². The first-order valence-corrected chi connectivity index (χ1v) is 3.66. The molecule has 0 unspecified atom stereocenters. The fraction of sp³-hybridized carbons (Fsp3) is 0.375. The molecule has 0 aliphatic rings. The molecule has 0 spiro atoms. The highest BCUT2D eigenvalue weighted by Gasteiger charge is 2.01. The van der Waals surface area contributed by atoms with E-state index in [9.17, 15) is 0 Å². The Hall–Kier alpha value is -1.47. The summed E-state index contributed by atoms with van der Waals surface area (Å²) in [6.45, 7) is 1.93. The number of aliphatic hydroxyl groups excluding tert-OH is 1. The molecule has 0 atom stereocenters. The molecule has 0 saturated heterocycles. The van der Waals surface area contributed by atoms with Crippen molar-refractivity contribution in [1.82, 2.24) is 10.2 Å². The van der Waals surface area contributed by atoms with E-state index in [4.69, 9.17) is 10.8 Å². The summed E-state index contributed by atoms with van der Waals surface area (Å²) >= 11 is 0. The van der Waals surface area contributed by atoms with Gasteiger partial charge in [-0.15, -0.1) is 0 Å². The van der Waals surface area contributed by atoms with Crippen LogP contribution in [0.1, 0.15) is 17.7 Å². The molecule has 12 heavy (non-hydrogen) atoms. The highest BCUT2D eigenvalue weighted by atomic mass is 16.2. The summed E-state index contributed by atoms with van der Waals surface area (Å²) in [6, 6.07) is 0. The summed E-state index contributed by atoms with van der Waals surface area (Å²) in [4.78, 5) is 0. The Balaban J connectivity index is 2.82. The minimum atomic E-state index is 0.0732. The van der Waals surface area contributed by atoms with Gasteiger partial charge in [-0.3, -0.25) is 5.10 Å². The number of H-pyrrole nitrogens is 1. The number of anilines is 1. The summed E-state index contributed by atoms with van der Waals surface area (Å²) in [5.41, 5.74) is 7.10. The Kier molecular flexibility index (Phi) is 2.72. The summed E-state index contributed by atoms with van der Waals surface area (Å²) in [5, 5.41) is 15.0. The van der Waals surface area contributed by atoms with E-state index in [1.807, 2.05) is 6.92 Å². The van der Waals surface area contributed by atoms with Gasteiger partial charge >= 0.3 is 0 Å². The quantitative estimate of drug-likeness (QED) is 0.514. The van der Waals surface area contributed by atoms with Crippen LogP contribution in [0.3, 0.4) is 0 Å². The predicted molar refractivity (Wildman–Crippen MR) is 46.3 cm³/mol. The second kappa shape index (κ2) is 3.79. The molecule has 0 aromatic carbocycles. The van der Waals surface area contributed by atoms with E-state index in [1.165, 1.54) is 0 Å². The van der Waals surface area contributed by atoms with Gasteiger partial charge in [0.1, 0.15) is 0 Å². The Morgan fingerprint density at radius 2 is 2.42 bits per heavy atom. The van der Waals surface area contributed by atoms with Crippen molar-refractivity contribution in [3.05, 3.63) is 11.3 Å². The number of nitrogens with two attached hydrogens (primary N) is 1. The van der Waals surface area contributed by atoms with E-state index in [2.05, 4.69) is 22.0 Å². The normalized spacial score (nSPS) is 9.17. The lowest BCUT2D eigenvalue weighted by molar-refractivity contribution is 0.305. The summed E-state index contributed by atoms with van der Waals surface area (Å²) in [5.74, 6) is 6.03. The minimum absolute atomic E-state index is 0.0732. The number of hydrogen-bond donors (Lipinski definition) is 3. The van der Waals surface area contributed by atoms with Gasteiger partial charge in [0, 0.05) is 12.1 Å². The standard InChI is InChI=1S/C8H11N3O/c1-6-7(4-2-3-5-12)8(9)11-10-6/h12H,3,5H2,1H3,(H3,9,10,11). The van der Waals surface area contributed by atoms with E-state index in [1.54, 1.807) is 0 Å². The average Bonchev–Trinajstić information content (AvgIpc) is 2.35. The van der Waals surface area contributed by atoms with Gasteiger partial charge in [-0.25, -0.2) is 0 Å². The van der Waals surface area contributed by atoms with E-state index >= 15 is 0 Å². The number of rotatable bonds is 1. The molecule has 1 aromatic rings. The molecule has 0 radical (unpaired) electrons. The number of aromatic nitrogens is 2. The third kappa shape index (κ3) is 1.77. The zero-order chi connectivity index (χ0) is 8.97. The second-order valence-electron chi connectivity index (χ2n) is 2.38. The average molecular weight is 165 g/mol. The third-order valence-electron chi connectivity index (χ3n) is 1.43. The molecule has 1 rings (SSSR count). The number of hydrogen-bond acceptors (Lipinski definition) is 3. The molecule has 1 heterocycles. The van der Waals surface area contributed by atoms with Crippen LogP contribution in [-0.2, 0) is 0 Å². The SMILES string of the molecule is Cc1[nH]nc(N)c1C#CCCO. The minimum Gasteiger partial charge on any atom is -0.395 e. The maximum absolute atomic E-state index is 8.48. The highest BCUT2D eigenvalue weighted by Crippen LogP contribution is 2.09. The first-order chi connectivity index (χ1) is 5.75.